The number of rotatable bonds is 3. The van der Waals surface area contributed by atoms with E-state index >= 15 is 0 Å². The Bertz CT molecular complexity index is 806. The predicted molar refractivity (Wildman–Crippen MR) is 72.0 cm³/mol. The van der Waals surface area contributed by atoms with Crippen LogP contribution in [0, 0.1) is 0 Å². The first-order valence-electron chi connectivity index (χ1n) is 5.96. The number of hydrogen-bond donors (Lipinski definition) is 1. The molecule has 6 nitrogen and oxygen atoms in total. The molecule has 0 radical (unpaired) electrons. The maximum absolute atomic E-state index is 11.1. The average Bonchev–Trinajstić information content (AvgIpc) is 3.03. The summed E-state index contributed by atoms with van der Waals surface area (Å²) in [7, 11) is 0. The van der Waals surface area contributed by atoms with Gasteiger partial charge in [0.25, 0.3) is 0 Å². The highest BCUT2D eigenvalue weighted by atomic mass is 35.5. The van der Waals surface area contributed by atoms with E-state index in [1.165, 1.54) is 16.7 Å². The number of halogens is 1. The van der Waals surface area contributed by atoms with Crippen LogP contribution in [0.5, 0.6) is 0 Å². The highest BCUT2D eigenvalue weighted by molar-refractivity contribution is 6.33. The fraction of sp³-hybridized carbons (Fsp3) is 0.154. The molecule has 0 saturated heterocycles. The number of aryl methyl sites for hydroxylation is 1. The molecular formula is C13H10ClN3O3. The Kier molecular flexibility index (Phi) is 2.94. The van der Waals surface area contributed by atoms with Crippen LogP contribution < -0.4 is 0 Å². The van der Waals surface area contributed by atoms with Crippen LogP contribution in [0.4, 0.5) is 0 Å². The molecule has 0 amide bonds. The summed E-state index contributed by atoms with van der Waals surface area (Å²) >= 11 is 6.02. The van der Waals surface area contributed by atoms with Crippen LogP contribution in [0.2, 0.25) is 5.02 Å². The Morgan fingerprint density at radius 2 is 2.25 bits per heavy atom. The lowest BCUT2D eigenvalue weighted by Gasteiger charge is -2.01. The molecule has 7 heteroatoms. The molecule has 0 saturated carbocycles. The van der Waals surface area contributed by atoms with E-state index in [-0.39, 0.29) is 10.6 Å². The van der Waals surface area contributed by atoms with E-state index < -0.39 is 5.97 Å². The van der Waals surface area contributed by atoms with Crippen LogP contribution in [0.3, 0.4) is 0 Å². The number of carboxylic acids is 1. The van der Waals surface area contributed by atoms with E-state index in [1.54, 1.807) is 6.07 Å². The van der Waals surface area contributed by atoms with Gasteiger partial charge in [-0.1, -0.05) is 18.5 Å². The Morgan fingerprint density at radius 3 is 2.90 bits per heavy atom. The maximum atomic E-state index is 11.1. The summed E-state index contributed by atoms with van der Waals surface area (Å²) in [5, 5.41) is 17.3. The summed E-state index contributed by atoms with van der Waals surface area (Å²) in [6.45, 7) is 1.98. The molecule has 3 aromatic rings. The molecule has 0 spiro atoms. The molecule has 0 fully saturated rings. The number of nitrogens with zero attached hydrogens (tertiary/aromatic N) is 3. The van der Waals surface area contributed by atoms with E-state index in [2.05, 4.69) is 10.2 Å². The van der Waals surface area contributed by atoms with E-state index in [0.717, 1.165) is 12.2 Å². The summed E-state index contributed by atoms with van der Waals surface area (Å²) in [4.78, 5) is 11.1. The lowest BCUT2D eigenvalue weighted by Crippen LogP contribution is -2.00. The van der Waals surface area contributed by atoms with Crippen molar-refractivity contribution in [3.8, 4) is 11.6 Å². The fourth-order valence-corrected chi connectivity index (χ4v) is 2.17. The molecule has 0 aliphatic rings. The van der Waals surface area contributed by atoms with Gasteiger partial charge in [0.15, 0.2) is 11.4 Å². The summed E-state index contributed by atoms with van der Waals surface area (Å²) in [5.41, 5.74) is 0.451. The SMILES string of the molecule is CCc1ccc(-c2nnc3c(Cl)cc(C(=O)O)cn23)o1. The monoisotopic (exact) mass is 291 g/mol. The summed E-state index contributed by atoms with van der Waals surface area (Å²) in [6, 6.07) is 4.97. The van der Waals surface area contributed by atoms with Gasteiger partial charge in [-0.05, 0) is 18.2 Å². The molecule has 102 valence electrons. The van der Waals surface area contributed by atoms with Crippen molar-refractivity contribution in [2.24, 2.45) is 0 Å². The normalized spacial score (nSPS) is 11.1. The molecule has 1 N–H and O–H groups in total. The number of hydrogen-bond acceptors (Lipinski definition) is 4. The van der Waals surface area contributed by atoms with Crippen molar-refractivity contribution >= 4 is 23.2 Å². The van der Waals surface area contributed by atoms with Gasteiger partial charge < -0.3 is 9.52 Å². The van der Waals surface area contributed by atoms with Gasteiger partial charge in [-0.3, -0.25) is 4.40 Å². The van der Waals surface area contributed by atoms with Crippen LogP contribution in [0.15, 0.2) is 28.8 Å². The topological polar surface area (TPSA) is 80.6 Å². The first-order chi connectivity index (χ1) is 9.60. The lowest BCUT2D eigenvalue weighted by atomic mass is 10.3. The largest absolute Gasteiger partial charge is 0.478 e. The van der Waals surface area contributed by atoms with Crippen molar-refractivity contribution in [1.29, 1.82) is 0 Å². The molecule has 3 heterocycles. The summed E-state index contributed by atoms with van der Waals surface area (Å²) in [5.74, 6) is 0.692. The first-order valence-corrected chi connectivity index (χ1v) is 6.34. The molecule has 3 aromatic heterocycles. The average molecular weight is 292 g/mol. The zero-order chi connectivity index (χ0) is 14.3. The minimum Gasteiger partial charge on any atom is -0.478 e. The molecule has 0 aromatic carbocycles. The fourth-order valence-electron chi connectivity index (χ4n) is 1.93. The molecule has 3 rings (SSSR count). The maximum Gasteiger partial charge on any atom is 0.337 e. The van der Waals surface area contributed by atoms with Gasteiger partial charge in [0.05, 0.1) is 10.6 Å². The highest BCUT2D eigenvalue weighted by Crippen LogP contribution is 2.25. The van der Waals surface area contributed by atoms with E-state index in [9.17, 15) is 4.79 Å². The molecule has 0 unspecified atom stereocenters. The Labute approximate surface area is 118 Å². The van der Waals surface area contributed by atoms with Crippen molar-refractivity contribution in [2.45, 2.75) is 13.3 Å². The number of furan rings is 1. The lowest BCUT2D eigenvalue weighted by molar-refractivity contribution is 0.0696. The summed E-state index contributed by atoms with van der Waals surface area (Å²) < 4.78 is 7.13. The van der Waals surface area contributed by atoms with Crippen LogP contribution in [-0.4, -0.2) is 25.7 Å². The van der Waals surface area contributed by atoms with Crippen molar-refractivity contribution in [3.63, 3.8) is 0 Å². The van der Waals surface area contributed by atoms with Crippen molar-refractivity contribution in [2.75, 3.05) is 0 Å². The number of pyridine rings is 1. The van der Waals surface area contributed by atoms with Gasteiger partial charge in [-0.25, -0.2) is 4.79 Å². The molecule has 0 aliphatic carbocycles. The van der Waals surface area contributed by atoms with Gasteiger partial charge in [0.1, 0.15) is 5.76 Å². The Balaban J connectivity index is 2.23. The smallest absolute Gasteiger partial charge is 0.337 e. The third kappa shape index (κ3) is 1.94. The number of carbonyl (C=O) groups is 1. The molecular weight excluding hydrogens is 282 g/mol. The summed E-state index contributed by atoms with van der Waals surface area (Å²) in [6.07, 6.45) is 2.19. The molecule has 0 atom stereocenters. The van der Waals surface area contributed by atoms with Crippen LogP contribution in [-0.2, 0) is 6.42 Å². The minimum absolute atomic E-state index is 0.0609. The van der Waals surface area contributed by atoms with Gasteiger partial charge in [-0.2, -0.15) is 0 Å². The van der Waals surface area contributed by atoms with Gasteiger partial charge in [-0.15, -0.1) is 10.2 Å². The van der Waals surface area contributed by atoms with Crippen LogP contribution in [0.25, 0.3) is 17.2 Å². The molecule has 0 aliphatic heterocycles. The third-order valence-electron chi connectivity index (χ3n) is 2.94. The Morgan fingerprint density at radius 1 is 1.45 bits per heavy atom. The standard InChI is InChI=1S/C13H10ClN3O3/c1-2-8-3-4-10(20-8)12-16-15-11-9(14)5-7(13(18)19)6-17(11)12/h3-6H,2H2,1H3,(H,18,19). The van der Waals surface area contributed by atoms with Gasteiger partial charge in [0, 0.05) is 12.6 Å². The second kappa shape index (κ2) is 4.64. The number of carboxylic acid groups (broad SMARTS) is 1. The van der Waals surface area contributed by atoms with Crippen LogP contribution >= 0.6 is 11.6 Å². The Hall–Kier alpha value is -2.34. The number of aromatic nitrogens is 3. The van der Waals surface area contributed by atoms with Crippen molar-refractivity contribution < 1.29 is 14.3 Å². The zero-order valence-corrected chi connectivity index (χ0v) is 11.3. The second-order valence-electron chi connectivity index (χ2n) is 4.22. The third-order valence-corrected chi connectivity index (χ3v) is 3.22. The van der Waals surface area contributed by atoms with E-state index in [4.69, 9.17) is 21.1 Å². The molecule has 0 bridgehead atoms. The van der Waals surface area contributed by atoms with E-state index in [0.29, 0.717) is 17.2 Å². The zero-order valence-electron chi connectivity index (χ0n) is 10.5. The quantitative estimate of drug-likeness (QED) is 0.802. The molecule has 20 heavy (non-hydrogen) atoms. The van der Waals surface area contributed by atoms with Gasteiger partial charge >= 0.3 is 5.97 Å². The minimum atomic E-state index is -1.07. The van der Waals surface area contributed by atoms with Crippen molar-refractivity contribution in [3.05, 3.63) is 40.7 Å². The highest BCUT2D eigenvalue weighted by Gasteiger charge is 2.16. The van der Waals surface area contributed by atoms with Gasteiger partial charge in [0.2, 0.25) is 5.82 Å². The van der Waals surface area contributed by atoms with E-state index in [1.807, 2.05) is 13.0 Å². The second-order valence-corrected chi connectivity index (χ2v) is 4.63. The van der Waals surface area contributed by atoms with Crippen molar-refractivity contribution in [1.82, 2.24) is 14.6 Å². The number of fused-ring (bicyclic) bond motifs is 1. The predicted octanol–water partition coefficient (Wildman–Crippen LogP) is 2.90. The number of aromatic carboxylic acids is 1. The first kappa shape index (κ1) is 12.7. The van der Waals surface area contributed by atoms with Crippen LogP contribution in [0.1, 0.15) is 23.0 Å².